The SMILES string of the molecule is O=[As](O)CCc1ccccc1. The third kappa shape index (κ3) is 3.45. The van der Waals surface area contributed by atoms with Crippen LogP contribution in [0, 0.1) is 0 Å². The van der Waals surface area contributed by atoms with Gasteiger partial charge in [0, 0.05) is 0 Å². The molecule has 1 unspecified atom stereocenters. The van der Waals surface area contributed by atoms with Crippen LogP contribution in [-0.2, 0) is 10.2 Å². The van der Waals surface area contributed by atoms with Crippen molar-refractivity contribution in [2.24, 2.45) is 0 Å². The van der Waals surface area contributed by atoms with Gasteiger partial charge in [0.15, 0.2) is 0 Å². The van der Waals surface area contributed by atoms with Crippen molar-refractivity contribution in [2.45, 2.75) is 11.6 Å². The van der Waals surface area contributed by atoms with Crippen LogP contribution in [-0.4, -0.2) is 19.0 Å². The summed E-state index contributed by atoms with van der Waals surface area (Å²) < 4.78 is 19.0. The first-order valence-corrected chi connectivity index (χ1v) is 6.40. The Balaban J connectivity index is 2.45. The second kappa shape index (κ2) is 4.42. The molecule has 0 aliphatic rings. The van der Waals surface area contributed by atoms with Crippen LogP contribution in [0.4, 0.5) is 0 Å². The third-order valence-corrected chi connectivity index (χ3v) is 2.71. The van der Waals surface area contributed by atoms with Gasteiger partial charge in [0.1, 0.15) is 0 Å². The van der Waals surface area contributed by atoms with Crippen LogP contribution >= 0.6 is 0 Å². The Kier molecular flexibility index (Phi) is 3.47. The van der Waals surface area contributed by atoms with Gasteiger partial charge in [-0.1, -0.05) is 0 Å². The van der Waals surface area contributed by atoms with Crippen LogP contribution < -0.4 is 0 Å². The van der Waals surface area contributed by atoms with Crippen molar-refractivity contribution >= 4 is 14.9 Å². The summed E-state index contributed by atoms with van der Waals surface area (Å²) in [7, 11) is 0. The normalized spacial score (nSPS) is 11.2. The number of rotatable bonds is 3. The Labute approximate surface area is 70.7 Å². The van der Waals surface area contributed by atoms with Crippen LogP contribution in [0.2, 0.25) is 5.21 Å². The first-order chi connectivity index (χ1) is 5.29. The van der Waals surface area contributed by atoms with E-state index in [2.05, 4.69) is 0 Å². The molecule has 59 valence electrons. The standard InChI is InChI=1S/C8H10AsO2/c10-9(11)7-6-8-4-2-1-3-5-8/h1-5H,6-7H2,(H,10,11). The molecular formula is C8H10AsO2. The summed E-state index contributed by atoms with van der Waals surface area (Å²) in [4.78, 5) is 0. The molecule has 1 aromatic rings. The fourth-order valence-electron chi connectivity index (χ4n) is 0.869. The molecule has 3 heteroatoms. The van der Waals surface area contributed by atoms with Gasteiger partial charge >= 0.3 is 70.3 Å². The second-order valence-electron chi connectivity index (χ2n) is 2.31. The van der Waals surface area contributed by atoms with Gasteiger partial charge in [-0.05, 0) is 0 Å². The average Bonchev–Trinajstić information content (AvgIpc) is 2.03. The number of hydrogen-bond donors (Lipinski definition) is 1. The molecule has 0 amide bonds. The van der Waals surface area contributed by atoms with E-state index in [1.54, 1.807) is 0 Å². The van der Waals surface area contributed by atoms with E-state index >= 15 is 0 Å². The topological polar surface area (TPSA) is 37.3 Å². The van der Waals surface area contributed by atoms with E-state index in [4.69, 9.17) is 4.10 Å². The van der Waals surface area contributed by atoms with Gasteiger partial charge in [-0.15, -0.1) is 0 Å². The molecule has 0 heterocycles. The average molecular weight is 213 g/mol. The molecule has 0 aliphatic carbocycles. The maximum absolute atomic E-state index is 10.4. The zero-order chi connectivity index (χ0) is 8.10. The number of benzene rings is 1. The van der Waals surface area contributed by atoms with Gasteiger partial charge < -0.3 is 0 Å². The van der Waals surface area contributed by atoms with Crippen LogP contribution in [0.25, 0.3) is 0 Å². The Morgan fingerprint density at radius 3 is 2.45 bits per heavy atom. The second-order valence-corrected chi connectivity index (χ2v) is 4.73. The summed E-state index contributed by atoms with van der Waals surface area (Å²) in [5, 5.41) is 0.441. The van der Waals surface area contributed by atoms with E-state index in [1.807, 2.05) is 30.3 Å². The minimum atomic E-state index is -2.65. The molecule has 0 saturated carbocycles. The molecule has 0 saturated heterocycles. The molecule has 2 nitrogen and oxygen atoms in total. The Bertz CT molecular complexity index is 233. The summed E-state index contributed by atoms with van der Waals surface area (Å²) in [5.41, 5.74) is 1.14. The fraction of sp³-hybridized carbons (Fsp3) is 0.250. The van der Waals surface area contributed by atoms with Gasteiger partial charge in [0.25, 0.3) is 0 Å². The molecule has 0 spiro atoms. The van der Waals surface area contributed by atoms with Crippen LogP contribution in [0.3, 0.4) is 0 Å². The molecular weight excluding hydrogens is 203 g/mol. The van der Waals surface area contributed by atoms with E-state index < -0.39 is 14.9 Å². The van der Waals surface area contributed by atoms with Gasteiger partial charge in [-0.2, -0.15) is 0 Å². The first-order valence-electron chi connectivity index (χ1n) is 3.46. The summed E-state index contributed by atoms with van der Waals surface area (Å²) in [6, 6.07) is 9.76. The fourth-order valence-corrected chi connectivity index (χ4v) is 1.81. The van der Waals surface area contributed by atoms with Crippen LogP contribution in [0.5, 0.6) is 0 Å². The van der Waals surface area contributed by atoms with E-state index in [9.17, 15) is 3.74 Å². The van der Waals surface area contributed by atoms with Crippen molar-refractivity contribution < 1.29 is 7.84 Å². The van der Waals surface area contributed by atoms with E-state index in [0.29, 0.717) is 5.21 Å². The Morgan fingerprint density at radius 1 is 1.27 bits per heavy atom. The summed E-state index contributed by atoms with van der Waals surface area (Å²) in [6.45, 7) is 0. The Morgan fingerprint density at radius 2 is 1.91 bits per heavy atom. The maximum atomic E-state index is 10.4. The molecule has 0 bridgehead atoms. The van der Waals surface area contributed by atoms with Crippen molar-refractivity contribution in [3.05, 3.63) is 35.9 Å². The van der Waals surface area contributed by atoms with Gasteiger partial charge in [0.05, 0.1) is 0 Å². The molecule has 0 aromatic heterocycles. The molecule has 0 aliphatic heterocycles. The first kappa shape index (κ1) is 8.63. The van der Waals surface area contributed by atoms with Crippen molar-refractivity contribution in [3.63, 3.8) is 0 Å². The molecule has 1 atom stereocenters. The molecule has 0 fully saturated rings. The molecule has 1 aromatic carbocycles. The number of aryl methyl sites for hydroxylation is 1. The van der Waals surface area contributed by atoms with Gasteiger partial charge in [-0.3, -0.25) is 0 Å². The summed E-state index contributed by atoms with van der Waals surface area (Å²) in [5.74, 6) is 0. The monoisotopic (exact) mass is 213 g/mol. The third-order valence-electron chi connectivity index (χ3n) is 1.43. The van der Waals surface area contributed by atoms with Crippen LogP contribution in [0.1, 0.15) is 5.56 Å². The van der Waals surface area contributed by atoms with E-state index in [1.165, 1.54) is 0 Å². The molecule has 11 heavy (non-hydrogen) atoms. The predicted molar refractivity (Wildman–Crippen MR) is 43.6 cm³/mol. The zero-order valence-electron chi connectivity index (χ0n) is 6.10. The Hall–Kier alpha value is -0.462. The van der Waals surface area contributed by atoms with Crippen molar-refractivity contribution in [3.8, 4) is 0 Å². The van der Waals surface area contributed by atoms with Crippen molar-refractivity contribution in [1.82, 2.24) is 0 Å². The quantitative estimate of drug-likeness (QED) is 0.764. The predicted octanol–water partition coefficient (Wildman–Crippen LogP) is 1.14. The van der Waals surface area contributed by atoms with Gasteiger partial charge in [0.2, 0.25) is 0 Å². The van der Waals surface area contributed by atoms with Gasteiger partial charge in [-0.25, -0.2) is 0 Å². The summed E-state index contributed by atoms with van der Waals surface area (Å²) >= 11 is -2.65. The zero-order valence-corrected chi connectivity index (χ0v) is 7.98. The van der Waals surface area contributed by atoms with E-state index in [-0.39, 0.29) is 0 Å². The number of hydrogen-bond acceptors (Lipinski definition) is 1. The van der Waals surface area contributed by atoms with Crippen molar-refractivity contribution in [2.75, 3.05) is 0 Å². The molecule has 1 rings (SSSR count). The van der Waals surface area contributed by atoms with Crippen molar-refractivity contribution in [1.29, 1.82) is 0 Å². The minimum absolute atomic E-state index is 0.441. The van der Waals surface area contributed by atoms with E-state index in [0.717, 1.165) is 12.0 Å². The molecule has 1 radical (unpaired) electrons. The van der Waals surface area contributed by atoms with Crippen LogP contribution in [0.15, 0.2) is 30.3 Å². The summed E-state index contributed by atoms with van der Waals surface area (Å²) in [6.07, 6.45) is 0.723. The molecule has 1 N–H and O–H groups in total.